The fraction of sp³-hybridized carbons (Fsp3) is 0.333. The van der Waals surface area contributed by atoms with Crippen molar-refractivity contribution in [2.45, 2.75) is 26.8 Å². The van der Waals surface area contributed by atoms with E-state index in [1.54, 1.807) is 7.05 Å². The Hall–Kier alpha value is -2.37. The summed E-state index contributed by atoms with van der Waals surface area (Å²) in [5.41, 5.74) is 3.95. The predicted molar refractivity (Wildman–Crippen MR) is 109 cm³/mol. The van der Waals surface area contributed by atoms with Crippen LogP contribution in [-0.4, -0.2) is 36.9 Å². The van der Waals surface area contributed by atoms with Crippen molar-refractivity contribution in [3.63, 3.8) is 0 Å². The predicted octanol–water partition coefficient (Wildman–Crippen LogP) is 2.68. The zero-order valence-corrected chi connectivity index (χ0v) is 17.0. The molecule has 27 heavy (non-hydrogen) atoms. The lowest BCUT2D eigenvalue weighted by molar-refractivity contribution is -0.683. The molecule has 0 aromatic heterocycles. The van der Waals surface area contributed by atoms with Gasteiger partial charge in [-0.15, -0.1) is 0 Å². The van der Waals surface area contributed by atoms with Crippen LogP contribution >= 0.6 is 11.6 Å². The first-order chi connectivity index (χ1) is 12.8. The summed E-state index contributed by atoms with van der Waals surface area (Å²) in [5.74, 6) is -0.294. The molecule has 2 rings (SSSR count). The lowest BCUT2D eigenvalue weighted by atomic mass is 10.1. The Bertz CT molecular complexity index is 806. The number of benzene rings is 2. The van der Waals surface area contributed by atoms with Crippen LogP contribution in [-0.2, 0) is 9.59 Å². The molecule has 0 spiro atoms. The van der Waals surface area contributed by atoms with Crippen LogP contribution in [0.15, 0.2) is 42.5 Å². The topological polar surface area (TPSA) is 66.0 Å². The van der Waals surface area contributed by atoms with Crippen molar-refractivity contribution in [1.29, 1.82) is 0 Å². The van der Waals surface area contributed by atoms with Gasteiger partial charge < -0.3 is 15.5 Å². The highest BCUT2D eigenvalue weighted by Gasteiger charge is 2.17. The molecule has 0 saturated carbocycles. The molecule has 1 atom stereocenters. The van der Waals surface area contributed by atoms with Crippen LogP contribution in [0.5, 0.6) is 0 Å². The minimum absolute atomic E-state index is 0.0232. The minimum atomic E-state index is -0.203. The van der Waals surface area contributed by atoms with Crippen molar-refractivity contribution in [2.24, 2.45) is 0 Å². The fourth-order valence-electron chi connectivity index (χ4n) is 2.70. The number of carbonyl (C=O) groups excluding carboxylic acids is 2. The maximum atomic E-state index is 12.3. The van der Waals surface area contributed by atoms with Gasteiger partial charge in [-0.1, -0.05) is 35.9 Å². The van der Waals surface area contributed by atoms with Crippen molar-refractivity contribution in [3.8, 4) is 0 Å². The maximum absolute atomic E-state index is 12.3. The molecule has 3 N–H and O–H groups in total. The quantitative estimate of drug-likeness (QED) is 0.765. The molecule has 6 heteroatoms. The van der Waals surface area contributed by atoms with Gasteiger partial charge in [0.05, 0.1) is 6.54 Å². The largest absolute Gasteiger partial charge is 0.333 e. The Morgan fingerprint density at radius 2 is 1.81 bits per heavy atom. The number of amides is 2. The molecule has 0 heterocycles. The van der Waals surface area contributed by atoms with Crippen LogP contribution in [0.2, 0.25) is 5.02 Å². The third-order valence-electron chi connectivity index (χ3n) is 4.52. The number of quaternary nitrogens is 1. The summed E-state index contributed by atoms with van der Waals surface area (Å²) in [6.45, 7) is 6.25. The Morgan fingerprint density at radius 3 is 2.48 bits per heavy atom. The van der Waals surface area contributed by atoms with Gasteiger partial charge in [0, 0.05) is 23.3 Å². The standard InChI is InChI=1S/C21H26ClN3O2/c1-14-5-6-15(2)19(11-14)24-20(26)13-25(4)21(27)12-23-16(3)17-7-9-18(22)10-8-17/h5-11,16,23H,12-13H2,1-4H3,(H,24,26)/p+1/t16-/m1/s1. The third-order valence-corrected chi connectivity index (χ3v) is 4.77. The highest BCUT2D eigenvalue weighted by Crippen LogP contribution is 2.16. The van der Waals surface area contributed by atoms with Gasteiger partial charge in [-0.3, -0.25) is 9.59 Å². The van der Waals surface area contributed by atoms with Gasteiger partial charge in [0.25, 0.3) is 5.91 Å². The number of rotatable bonds is 7. The molecule has 0 bridgehead atoms. The number of hydrogen-bond acceptors (Lipinski definition) is 2. The highest BCUT2D eigenvalue weighted by atomic mass is 35.5. The summed E-state index contributed by atoms with van der Waals surface area (Å²) in [7, 11) is 1.64. The molecular weight excluding hydrogens is 362 g/mol. The second-order valence-corrected chi connectivity index (χ2v) is 7.33. The summed E-state index contributed by atoms with van der Waals surface area (Å²) >= 11 is 5.90. The van der Waals surface area contributed by atoms with E-state index < -0.39 is 0 Å². The zero-order valence-electron chi connectivity index (χ0n) is 16.3. The van der Waals surface area contributed by atoms with E-state index in [9.17, 15) is 9.59 Å². The molecule has 0 aliphatic rings. The lowest BCUT2D eigenvalue weighted by Gasteiger charge is -2.18. The van der Waals surface area contributed by atoms with Crippen LogP contribution in [0.1, 0.15) is 29.7 Å². The maximum Gasteiger partial charge on any atom is 0.277 e. The average molecular weight is 389 g/mol. The van der Waals surface area contributed by atoms with Crippen molar-refractivity contribution in [2.75, 3.05) is 25.5 Å². The van der Waals surface area contributed by atoms with Crippen molar-refractivity contribution in [3.05, 3.63) is 64.2 Å². The molecule has 0 fully saturated rings. The number of nitrogens with two attached hydrogens (primary N) is 1. The average Bonchev–Trinajstić information content (AvgIpc) is 2.62. The van der Waals surface area contributed by atoms with Gasteiger partial charge in [-0.2, -0.15) is 0 Å². The molecule has 0 saturated heterocycles. The summed E-state index contributed by atoms with van der Waals surface area (Å²) < 4.78 is 0. The Labute approximate surface area is 165 Å². The van der Waals surface area contributed by atoms with E-state index in [1.807, 2.05) is 68.6 Å². The van der Waals surface area contributed by atoms with E-state index >= 15 is 0 Å². The molecule has 2 amide bonds. The highest BCUT2D eigenvalue weighted by molar-refractivity contribution is 6.30. The van der Waals surface area contributed by atoms with Crippen LogP contribution < -0.4 is 10.6 Å². The van der Waals surface area contributed by atoms with Gasteiger partial charge >= 0.3 is 0 Å². The van der Waals surface area contributed by atoms with Gasteiger partial charge in [-0.05, 0) is 50.1 Å². The number of likely N-dealkylation sites (N-methyl/N-ethyl adjacent to an activating group) is 1. The molecule has 2 aromatic carbocycles. The van der Waals surface area contributed by atoms with E-state index in [2.05, 4.69) is 5.32 Å². The first-order valence-corrected chi connectivity index (χ1v) is 9.34. The van der Waals surface area contributed by atoms with Crippen LogP contribution in [0.4, 0.5) is 5.69 Å². The number of nitrogens with zero attached hydrogens (tertiary/aromatic N) is 1. The van der Waals surface area contributed by atoms with Crippen molar-refractivity contribution >= 4 is 29.1 Å². The first kappa shape index (κ1) is 20.9. The van der Waals surface area contributed by atoms with E-state index in [-0.39, 0.29) is 30.9 Å². The number of nitrogens with one attached hydrogen (secondary N) is 1. The van der Waals surface area contributed by atoms with Gasteiger partial charge in [0.15, 0.2) is 6.54 Å². The van der Waals surface area contributed by atoms with Gasteiger partial charge in [0.2, 0.25) is 5.91 Å². The molecule has 0 unspecified atom stereocenters. The zero-order chi connectivity index (χ0) is 20.0. The SMILES string of the molecule is Cc1ccc(C)c(NC(=O)CN(C)C(=O)C[NH2+][C@H](C)c2ccc(Cl)cc2)c1. The van der Waals surface area contributed by atoms with Crippen LogP contribution in [0.25, 0.3) is 0 Å². The fourth-order valence-corrected chi connectivity index (χ4v) is 2.83. The second kappa shape index (κ2) is 9.53. The number of hydrogen-bond donors (Lipinski definition) is 2. The summed E-state index contributed by atoms with van der Waals surface area (Å²) in [5, 5.41) is 5.52. The monoisotopic (exact) mass is 388 g/mol. The number of aryl methyl sites for hydroxylation is 2. The van der Waals surface area contributed by atoms with Crippen LogP contribution in [0.3, 0.4) is 0 Å². The molecule has 0 aliphatic heterocycles. The number of anilines is 1. The van der Waals surface area contributed by atoms with Gasteiger partial charge in [0.1, 0.15) is 6.04 Å². The lowest BCUT2D eigenvalue weighted by Crippen LogP contribution is -2.87. The molecule has 2 aromatic rings. The molecule has 5 nitrogen and oxygen atoms in total. The Balaban J connectivity index is 1.83. The minimum Gasteiger partial charge on any atom is -0.333 e. The van der Waals surface area contributed by atoms with Crippen molar-refractivity contribution < 1.29 is 14.9 Å². The molecule has 144 valence electrons. The third kappa shape index (κ3) is 6.38. The summed E-state index contributed by atoms with van der Waals surface area (Å²) in [6, 6.07) is 13.6. The number of halogens is 1. The molecule has 0 radical (unpaired) electrons. The smallest absolute Gasteiger partial charge is 0.277 e. The first-order valence-electron chi connectivity index (χ1n) is 8.96. The molecule has 0 aliphatic carbocycles. The normalized spacial score (nSPS) is 11.7. The Morgan fingerprint density at radius 1 is 1.15 bits per heavy atom. The van der Waals surface area contributed by atoms with E-state index in [0.717, 1.165) is 22.4 Å². The van der Waals surface area contributed by atoms with Crippen molar-refractivity contribution in [1.82, 2.24) is 4.90 Å². The number of carbonyl (C=O) groups is 2. The molecular formula is C21H27ClN3O2+. The van der Waals surface area contributed by atoms with E-state index in [1.165, 1.54) is 4.90 Å². The summed E-state index contributed by atoms with van der Waals surface area (Å²) in [6.07, 6.45) is 0. The van der Waals surface area contributed by atoms with E-state index in [4.69, 9.17) is 11.6 Å². The van der Waals surface area contributed by atoms with Gasteiger partial charge in [-0.25, -0.2) is 0 Å². The second-order valence-electron chi connectivity index (χ2n) is 6.90. The Kier molecular flexibility index (Phi) is 7.39. The van der Waals surface area contributed by atoms with Crippen LogP contribution in [0, 0.1) is 13.8 Å². The van der Waals surface area contributed by atoms with E-state index in [0.29, 0.717) is 5.02 Å². The summed E-state index contributed by atoms with van der Waals surface area (Å²) in [4.78, 5) is 26.0.